The second kappa shape index (κ2) is 9.20. The molecule has 3 aromatic carbocycles. The van der Waals surface area contributed by atoms with Crippen LogP contribution in [-0.2, 0) is 4.79 Å². The highest BCUT2D eigenvalue weighted by Gasteiger charge is 2.42. The van der Waals surface area contributed by atoms with E-state index in [1.165, 1.54) is 12.1 Å². The molecule has 0 unspecified atom stereocenters. The zero-order valence-electron chi connectivity index (χ0n) is 20.0. The van der Waals surface area contributed by atoms with Crippen LogP contribution >= 0.6 is 12.2 Å². The first kappa shape index (κ1) is 23.7. The third-order valence-corrected chi connectivity index (χ3v) is 6.86. The summed E-state index contributed by atoms with van der Waals surface area (Å²) in [7, 11) is 0. The molecule has 2 aliphatic rings. The van der Waals surface area contributed by atoms with Crippen LogP contribution in [0.2, 0.25) is 0 Å². The Morgan fingerprint density at radius 3 is 2.39 bits per heavy atom. The number of ketones is 1. The molecule has 0 bridgehead atoms. The Morgan fingerprint density at radius 2 is 1.69 bits per heavy atom. The van der Waals surface area contributed by atoms with Gasteiger partial charge < -0.3 is 15.5 Å². The van der Waals surface area contributed by atoms with Crippen LogP contribution in [0.15, 0.2) is 90.1 Å². The molecule has 36 heavy (non-hydrogen) atoms. The third-order valence-electron chi connectivity index (χ3n) is 6.56. The second-order valence-corrected chi connectivity index (χ2v) is 10.3. The third kappa shape index (κ3) is 4.47. The highest BCUT2D eigenvalue weighted by atomic mass is 32.1. The molecule has 0 saturated heterocycles. The van der Waals surface area contributed by atoms with E-state index in [2.05, 4.69) is 24.5 Å². The van der Waals surface area contributed by atoms with E-state index < -0.39 is 11.0 Å². The Balaban J connectivity index is 1.72. The Labute approximate surface area is 215 Å². The summed E-state index contributed by atoms with van der Waals surface area (Å²) in [5, 5.41) is 18.6. The van der Waals surface area contributed by atoms with Gasteiger partial charge in [0.15, 0.2) is 10.9 Å². The molecule has 0 saturated carbocycles. The lowest BCUT2D eigenvalue weighted by Gasteiger charge is -2.38. The van der Waals surface area contributed by atoms with Gasteiger partial charge in [-0.3, -0.25) is 14.9 Å². The highest BCUT2D eigenvalue weighted by Crippen LogP contribution is 2.48. The van der Waals surface area contributed by atoms with E-state index in [1.54, 1.807) is 12.1 Å². The zero-order valence-corrected chi connectivity index (χ0v) is 20.8. The van der Waals surface area contributed by atoms with Gasteiger partial charge in [-0.2, -0.15) is 0 Å². The van der Waals surface area contributed by atoms with E-state index in [-0.39, 0.29) is 16.9 Å². The lowest BCUT2D eigenvalue weighted by molar-refractivity contribution is -0.384. The van der Waals surface area contributed by atoms with Gasteiger partial charge in [0.25, 0.3) is 5.69 Å². The number of non-ortho nitro benzene ring substituents is 1. The number of nitro benzene ring substituents is 1. The van der Waals surface area contributed by atoms with Crippen molar-refractivity contribution in [1.29, 1.82) is 0 Å². The van der Waals surface area contributed by atoms with Gasteiger partial charge in [-0.1, -0.05) is 44.2 Å². The van der Waals surface area contributed by atoms with Crippen molar-refractivity contribution in [2.75, 3.05) is 15.5 Å². The number of thiocarbonyl (C=S) groups is 1. The van der Waals surface area contributed by atoms with Crippen molar-refractivity contribution in [3.8, 4) is 0 Å². The van der Waals surface area contributed by atoms with Crippen molar-refractivity contribution in [1.82, 2.24) is 0 Å². The van der Waals surface area contributed by atoms with Crippen molar-refractivity contribution >= 4 is 45.9 Å². The van der Waals surface area contributed by atoms with Crippen LogP contribution in [0, 0.1) is 15.5 Å². The molecule has 1 heterocycles. The summed E-state index contributed by atoms with van der Waals surface area (Å²) in [6, 6.07) is 23.3. The van der Waals surface area contributed by atoms with Gasteiger partial charge in [0, 0.05) is 35.5 Å². The summed E-state index contributed by atoms with van der Waals surface area (Å²) in [4.78, 5) is 26.6. The summed E-state index contributed by atoms with van der Waals surface area (Å²) in [6.45, 7) is 4.18. The van der Waals surface area contributed by atoms with E-state index in [0.717, 1.165) is 28.3 Å². The molecule has 8 heteroatoms. The number of Topliss-reactive ketones (excluding diaryl/α,β-unsaturated/α-hetero) is 1. The Bertz CT molecular complexity index is 1380. The maximum absolute atomic E-state index is 13.7. The zero-order chi connectivity index (χ0) is 25.4. The minimum absolute atomic E-state index is 0.00672. The van der Waals surface area contributed by atoms with Gasteiger partial charge in [-0.05, 0) is 66.0 Å². The smallest absolute Gasteiger partial charge is 0.269 e. The average Bonchev–Trinajstić information content (AvgIpc) is 2.98. The number of nitrogens with one attached hydrogen (secondary N) is 2. The van der Waals surface area contributed by atoms with Crippen molar-refractivity contribution in [2.24, 2.45) is 5.41 Å². The molecule has 0 amide bonds. The number of nitrogens with zero attached hydrogens (tertiary/aromatic N) is 2. The largest absolute Gasteiger partial charge is 0.357 e. The first-order valence-electron chi connectivity index (χ1n) is 11.8. The van der Waals surface area contributed by atoms with Crippen molar-refractivity contribution in [3.63, 3.8) is 0 Å². The molecule has 3 aromatic rings. The van der Waals surface area contributed by atoms with Crippen LogP contribution in [0.4, 0.5) is 22.7 Å². The number of benzene rings is 3. The molecular formula is C28H26N4O3S. The molecular weight excluding hydrogens is 472 g/mol. The van der Waals surface area contributed by atoms with Crippen molar-refractivity contribution in [3.05, 3.63) is 106 Å². The molecule has 5 rings (SSSR count). The molecule has 7 nitrogen and oxygen atoms in total. The standard InChI is InChI=1S/C28H26N4O3S/c1-28(2)16-22-25(24(33)17-28)26(18-12-14-20(15-13-18)32(34)35)31(23-11-7-6-10-21(23)30-22)27(36)29-19-8-4-3-5-9-19/h3-15,26,30H,16-17H2,1-2H3,(H,29,36)/t26-/m1/s1. The van der Waals surface area contributed by atoms with Gasteiger partial charge in [0.2, 0.25) is 0 Å². The lowest BCUT2D eigenvalue weighted by Crippen LogP contribution is -2.41. The summed E-state index contributed by atoms with van der Waals surface area (Å²) < 4.78 is 0. The molecule has 182 valence electrons. The maximum Gasteiger partial charge on any atom is 0.269 e. The number of hydrogen-bond donors (Lipinski definition) is 2. The quantitative estimate of drug-likeness (QED) is 0.239. The molecule has 0 spiro atoms. The summed E-state index contributed by atoms with van der Waals surface area (Å²) in [5.41, 5.74) is 4.52. The van der Waals surface area contributed by atoms with Crippen LogP contribution < -0.4 is 15.5 Å². The van der Waals surface area contributed by atoms with E-state index in [0.29, 0.717) is 23.5 Å². The van der Waals surface area contributed by atoms with Gasteiger partial charge in [0.05, 0.1) is 22.3 Å². The molecule has 1 atom stereocenters. The van der Waals surface area contributed by atoms with Crippen LogP contribution in [0.3, 0.4) is 0 Å². The summed E-state index contributed by atoms with van der Waals surface area (Å²) >= 11 is 5.96. The number of hydrogen-bond acceptors (Lipinski definition) is 5. The fourth-order valence-corrected chi connectivity index (χ4v) is 5.33. The minimum Gasteiger partial charge on any atom is -0.357 e. The number of nitro groups is 1. The normalized spacial score (nSPS) is 18.4. The number of fused-ring (bicyclic) bond motifs is 1. The number of rotatable bonds is 3. The topological polar surface area (TPSA) is 87.5 Å². The minimum atomic E-state index is -0.565. The summed E-state index contributed by atoms with van der Waals surface area (Å²) in [6.07, 6.45) is 1.10. The van der Waals surface area contributed by atoms with Gasteiger partial charge in [0.1, 0.15) is 0 Å². The number of anilines is 3. The number of para-hydroxylation sites is 3. The van der Waals surface area contributed by atoms with E-state index >= 15 is 0 Å². The highest BCUT2D eigenvalue weighted by molar-refractivity contribution is 7.80. The molecule has 2 N–H and O–H groups in total. The van der Waals surface area contributed by atoms with Crippen LogP contribution in [-0.4, -0.2) is 15.8 Å². The molecule has 0 aromatic heterocycles. The molecule has 1 aliphatic carbocycles. The van der Waals surface area contributed by atoms with E-state index in [1.807, 2.05) is 59.5 Å². The van der Waals surface area contributed by atoms with Crippen molar-refractivity contribution in [2.45, 2.75) is 32.7 Å². The number of carbonyl (C=O) groups excluding carboxylic acids is 1. The maximum atomic E-state index is 13.7. The predicted molar refractivity (Wildman–Crippen MR) is 146 cm³/mol. The van der Waals surface area contributed by atoms with E-state index in [9.17, 15) is 14.9 Å². The SMILES string of the molecule is CC1(C)CC(=O)C2=C(C1)Nc1ccccc1N(C(=S)Nc1ccccc1)[C@@H]2c1ccc([N+](=O)[O-])cc1. The predicted octanol–water partition coefficient (Wildman–Crippen LogP) is 6.61. The Morgan fingerprint density at radius 1 is 1.03 bits per heavy atom. The van der Waals surface area contributed by atoms with Crippen LogP contribution in [0.5, 0.6) is 0 Å². The molecule has 0 fully saturated rings. The van der Waals surface area contributed by atoms with Crippen molar-refractivity contribution < 1.29 is 9.72 Å². The molecule has 0 radical (unpaired) electrons. The van der Waals surface area contributed by atoms with Gasteiger partial charge >= 0.3 is 0 Å². The van der Waals surface area contributed by atoms with Gasteiger partial charge in [-0.15, -0.1) is 0 Å². The average molecular weight is 499 g/mol. The Hall–Kier alpha value is -4.04. The first-order chi connectivity index (χ1) is 17.2. The van der Waals surface area contributed by atoms with Crippen LogP contribution in [0.1, 0.15) is 38.3 Å². The summed E-state index contributed by atoms with van der Waals surface area (Å²) in [5.74, 6) is 0.0393. The number of carbonyl (C=O) groups is 1. The number of allylic oxidation sites excluding steroid dienone is 1. The lowest BCUT2D eigenvalue weighted by atomic mass is 9.73. The fourth-order valence-electron chi connectivity index (χ4n) is 5.01. The Kier molecular flexibility index (Phi) is 6.05. The van der Waals surface area contributed by atoms with Crippen LogP contribution in [0.25, 0.3) is 0 Å². The van der Waals surface area contributed by atoms with E-state index in [4.69, 9.17) is 12.2 Å². The molecule has 1 aliphatic heterocycles. The fraction of sp³-hybridized carbons (Fsp3) is 0.214. The monoisotopic (exact) mass is 498 g/mol. The van der Waals surface area contributed by atoms with Gasteiger partial charge in [-0.25, -0.2) is 0 Å². The first-order valence-corrected chi connectivity index (χ1v) is 12.2. The second-order valence-electron chi connectivity index (χ2n) is 9.89.